The van der Waals surface area contributed by atoms with Gasteiger partial charge < -0.3 is 9.47 Å². The summed E-state index contributed by atoms with van der Waals surface area (Å²) in [5.41, 5.74) is 5.85. The van der Waals surface area contributed by atoms with E-state index in [2.05, 4.69) is 66.1 Å². The van der Waals surface area contributed by atoms with Crippen LogP contribution in [0.1, 0.15) is 34.9 Å². The first-order chi connectivity index (χ1) is 14.7. The number of nitrogens with zero attached hydrogens (tertiary/aromatic N) is 3. The van der Waals surface area contributed by atoms with Crippen molar-refractivity contribution in [1.82, 2.24) is 14.5 Å². The molecule has 1 atom stereocenters. The number of hydrogen-bond donors (Lipinski definition) is 0. The molecule has 0 aliphatic carbocycles. The summed E-state index contributed by atoms with van der Waals surface area (Å²) in [6, 6.07) is 27.0. The highest BCUT2D eigenvalue weighted by molar-refractivity contribution is 5.81. The highest BCUT2D eigenvalue weighted by Gasteiger charge is 2.34. The minimum Gasteiger partial charge on any atom is -0.338 e. The molecule has 1 fully saturated rings. The van der Waals surface area contributed by atoms with E-state index in [1.165, 1.54) is 16.7 Å². The normalized spacial score (nSPS) is 16.5. The van der Waals surface area contributed by atoms with Crippen molar-refractivity contribution in [3.05, 3.63) is 101 Å². The topological polar surface area (TPSA) is 38.1 Å². The molecule has 30 heavy (non-hydrogen) atoms. The Hall–Kier alpha value is -3.40. The Morgan fingerprint density at radius 2 is 1.63 bits per heavy atom. The van der Waals surface area contributed by atoms with Crippen LogP contribution in [-0.4, -0.2) is 26.9 Å². The van der Waals surface area contributed by atoms with Crippen LogP contribution >= 0.6 is 0 Å². The molecule has 5 rings (SSSR count). The Morgan fingerprint density at radius 1 is 0.900 bits per heavy atom. The Balaban J connectivity index is 1.48. The third-order valence-electron chi connectivity index (χ3n) is 6.07. The fourth-order valence-corrected chi connectivity index (χ4v) is 4.43. The Morgan fingerprint density at radius 3 is 2.47 bits per heavy atom. The van der Waals surface area contributed by atoms with Gasteiger partial charge in [-0.2, -0.15) is 0 Å². The first-order valence-corrected chi connectivity index (χ1v) is 10.5. The van der Waals surface area contributed by atoms with Gasteiger partial charge >= 0.3 is 0 Å². The van der Waals surface area contributed by atoms with Crippen molar-refractivity contribution in [3.8, 4) is 0 Å². The number of benzene rings is 3. The van der Waals surface area contributed by atoms with E-state index in [0.717, 1.165) is 23.4 Å². The van der Waals surface area contributed by atoms with Crippen molar-refractivity contribution in [2.45, 2.75) is 32.4 Å². The average molecular weight is 396 g/mol. The molecule has 4 nitrogen and oxygen atoms in total. The fraction of sp³-hybridized carbons (Fsp3) is 0.231. The highest BCUT2D eigenvalue weighted by atomic mass is 16.2. The zero-order chi connectivity index (χ0) is 20.5. The minimum atomic E-state index is 0.109. The van der Waals surface area contributed by atoms with Gasteiger partial charge in [0.2, 0.25) is 5.91 Å². The summed E-state index contributed by atoms with van der Waals surface area (Å²) in [7, 11) is 0. The molecule has 0 saturated carbocycles. The van der Waals surface area contributed by atoms with Crippen molar-refractivity contribution in [3.63, 3.8) is 0 Å². The number of imidazole rings is 1. The summed E-state index contributed by atoms with van der Waals surface area (Å²) in [5.74, 6) is 1.33. The quantitative estimate of drug-likeness (QED) is 0.482. The predicted octanol–water partition coefficient (Wildman–Crippen LogP) is 4.91. The number of aromatic nitrogens is 2. The van der Waals surface area contributed by atoms with Crippen LogP contribution < -0.4 is 0 Å². The molecular formula is C26H25N3O. The first-order valence-electron chi connectivity index (χ1n) is 10.5. The van der Waals surface area contributed by atoms with Gasteiger partial charge in [-0.3, -0.25) is 4.79 Å². The second kappa shape index (κ2) is 7.79. The van der Waals surface area contributed by atoms with Gasteiger partial charge in [-0.1, -0.05) is 66.7 Å². The third-order valence-corrected chi connectivity index (χ3v) is 6.07. The molecule has 0 spiro atoms. The summed E-state index contributed by atoms with van der Waals surface area (Å²) in [6.07, 6.45) is 0.518. The average Bonchev–Trinajstić information content (AvgIpc) is 3.31. The van der Waals surface area contributed by atoms with Gasteiger partial charge in [-0.15, -0.1) is 0 Å². The third kappa shape index (κ3) is 3.50. The van der Waals surface area contributed by atoms with Gasteiger partial charge in [-0.05, 0) is 35.7 Å². The maximum Gasteiger partial charge on any atom is 0.223 e. The largest absolute Gasteiger partial charge is 0.338 e. The molecule has 1 aliphatic rings. The van der Waals surface area contributed by atoms with Gasteiger partial charge in [-0.25, -0.2) is 4.98 Å². The summed E-state index contributed by atoms with van der Waals surface area (Å²) in [4.78, 5) is 19.7. The maximum absolute atomic E-state index is 12.8. The summed E-state index contributed by atoms with van der Waals surface area (Å²) < 4.78 is 2.31. The molecule has 150 valence electrons. The molecule has 2 heterocycles. The lowest BCUT2D eigenvalue weighted by atomic mass is 10.1. The van der Waals surface area contributed by atoms with E-state index in [1.54, 1.807) is 0 Å². The molecular weight excluding hydrogens is 370 g/mol. The Kier molecular flexibility index (Phi) is 4.83. The number of rotatable bonds is 5. The predicted molar refractivity (Wildman–Crippen MR) is 119 cm³/mol. The summed E-state index contributed by atoms with van der Waals surface area (Å²) in [5, 5.41) is 0. The van der Waals surface area contributed by atoms with Crippen LogP contribution in [-0.2, 0) is 17.9 Å². The summed E-state index contributed by atoms with van der Waals surface area (Å²) in [6.45, 7) is 4.29. The number of likely N-dealkylation sites (tertiary alicyclic amines) is 1. The zero-order valence-electron chi connectivity index (χ0n) is 17.2. The van der Waals surface area contributed by atoms with Gasteiger partial charge in [0.05, 0.1) is 11.0 Å². The molecule has 1 amide bonds. The van der Waals surface area contributed by atoms with Gasteiger partial charge in [0.25, 0.3) is 0 Å². The smallest absolute Gasteiger partial charge is 0.223 e. The van der Waals surface area contributed by atoms with Crippen molar-refractivity contribution in [2.75, 3.05) is 6.54 Å². The van der Waals surface area contributed by atoms with Gasteiger partial charge in [0.1, 0.15) is 5.82 Å². The second-order valence-electron chi connectivity index (χ2n) is 8.13. The van der Waals surface area contributed by atoms with Crippen LogP contribution in [0.15, 0.2) is 78.9 Å². The monoisotopic (exact) mass is 395 g/mol. The van der Waals surface area contributed by atoms with Crippen molar-refractivity contribution in [1.29, 1.82) is 0 Å². The molecule has 4 heteroatoms. The number of fused-ring (bicyclic) bond motifs is 1. The van der Waals surface area contributed by atoms with E-state index in [1.807, 2.05) is 29.2 Å². The highest BCUT2D eigenvalue weighted by Crippen LogP contribution is 2.32. The van der Waals surface area contributed by atoms with E-state index in [-0.39, 0.29) is 11.8 Å². The molecule has 0 N–H and O–H groups in total. The van der Waals surface area contributed by atoms with Crippen LogP contribution in [0.5, 0.6) is 0 Å². The van der Waals surface area contributed by atoms with Crippen molar-refractivity contribution >= 4 is 16.9 Å². The molecule has 4 aromatic rings. The molecule has 0 radical (unpaired) electrons. The first kappa shape index (κ1) is 18.6. The van der Waals surface area contributed by atoms with Crippen LogP contribution in [0.25, 0.3) is 11.0 Å². The SMILES string of the molecule is Cc1ccccc1Cn1c(C2CC(=O)N(Cc3ccccc3)C2)nc2ccccc21. The van der Waals surface area contributed by atoms with E-state index in [0.29, 0.717) is 19.5 Å². The van der Waals surface area contributed by atoms with Crippen LogP contribution in [0, 0.1) is 6.92 Å². The van der Waals surface area contributed by atoms with Crippen molar-refractivity contribution < 1.29 is 4.79 Å². The van der Waals surface area contributed by atoms with Crippen LogP contribution in [0.4, 0.5) is 0 Å². The number of aryl methyl sites for hydroxylation is 1. The molecule has 1 aromatic heterocycles. The van der Waals surface area contributed by atoms with E-state index in [4.69, 9.17) is 4.98 Å². The van der Waals surface area contributed by atoms with E-state index in [9.17, 15) is 4.79 Å². The second-order valence-corrected chi connectivity index (χ2v) is 8.13. The number of carbonyl (C=O) groups is 1. The lowest BCUT2D eigenvalue weighted by Crippen LogP contribution is -2.24. The molecule has 0 bridgehead atoms. The number of para-hydroxylation sites is 2. The number of hydrogen-bond acceptors (Lipinski definition) is 2. The lowest BCUT2D eigenvalue weighted by Gasteiger charge is -2.18. The summed E-state index contributed by atoms with van der Waals surface area (Å²) >= 11 is 0. The lowest BCUT2D eigenvalue weighted by molar-refractivity contribution is -0.128. The van der Waals surface area contributed by atoms with Crippen LogP contribution in [0.3, 0.4) is 0 Å². The van der Waals surface area contributed by atoms with Crippen molar-refractivity contribution in [2.24, 2.45) is 0 Å². The van der Waals surface area contributed by atoms with Gasteiger partial charge in [0, 0.05) is 32.0 Å². The number of carbonyl (C=O) groups excluding carboxylic acids is 1. The number of amides is 1. The molecule has 1 unspecified atom stereocenters. The van der Waals surface area contributed by atoms with E-state index < -0.39 is 0 Å². The Bertz CT molecular complexity index is 1200. The minimum absolute atomic E-state index is 0.109. The Labute approximate surface area is 176 Å². The van der Waals surface area contributed by atoms with Crippen LogP contribution in [0.2, 0.25) is 0 Å². The molecule has 1 saturated heterocycles. The molecule has 3 aromatic carbocycles. The maximum atomic E-state index is 12.8. The molecule has 1 aliphatic heterocycles. The standard InChI is InChI=1S/C26H25N3O/c1-19-9-5-6-12-21(19)18-29-24-14-8-7-13-23(24)27-26(29)22-15-25(30)28(17-22)16-20-10-3-2-4-11-20/h2-14,22H,15-18H2,1H3. The van der Waals surface area contributed by atoms with E-state index >= 15 is 0 Å². The van der Waals surface area contributed by atoms with Gasteiger partial charge in [0.15, 0.2) is 0 Å². The zero-order valence-corrected chi connectivity index (χ0v) is 17.2. The fourth-order valence-electron chi connectivity index (χ4n) is 4.43.